The molecule has 0 saturated carbocycles. The molecule has 0 aliphatic rings. The Labute approximate surface area is 106 Å². The second-order valence-corrected chi connectivity index (χ2v) is 4.46. The van der Waals surface area contributed by atoms with Crippen molar-refractivity contribution in [2.24, 2.45) is 5.73 Å². The summed E-state index contributed by atoms with van der Waals surface area (Å²) in [6.45, 7) is 2.60. The molecule has 90 valence electrons. The van der Waals surface area contributed by atoms with Crippen molar-refractivity contribution in [3.05, 3.63) is 59.9 Å². The van der Waals surface area contributed by atoms with Crippen LogP contribution in [0.2, 0.25) is 0 Å². The quantitative estimate of drug-likeness (QED) is 0.744. The van der Waals surface area contributed by atoms with Gasteiger partial charge in [-0.15, -0.1) is 0 Å². The summed E-state index contributed by atoms with van der Waals surface area (Å²) in [5, 5.41) is 6.76. The molecule has 0 fully saturated rings. The van der Waals surface area contributed by atoms with Gasteiger partial charge in [0.25, 0.3) is 0 Å². The average Bonchev–Trinajstić information content (AvgIpc) is 2.84. The maximum atomic E-state index is 5.79. The molecular formula is C15H15N3. The summed E-state index contributed by atoms with van der Waals surface area (Å²) in [6.07, 6.45) is 3.90. The Bertz CT molecular complexity index is 698. The molecule has 1 heterocycles. The van der Waals surface area contributed by atoms with Gasteiger partial charge in [-0.1, -0.05) is 30.3 Å². The Morgan fingerprint density at radius 2 is 1.89 bits per heavy atom. The maximum absolute atomic E-state index is 5.79. The Morgan fingerprint density at radius 3 is 2.56 bits per heavy atom. The predicted molar refractivity (Wildman–Crippen MR) is 73.7 cm³/mol. The third kappa shape index (κ3) is 1.69. The summed E-state index contributed by atoms with van der Waals surface area (Å²) >= 11 is 0. The summed E-state index contributed by atoms with van der Waals surface area (Å²) < 4.78 is 1.91. The Balaban J connectivity index is 2.31. The van der Waals surface area contributed by atoms with E-state index in [0.717, 1.165) is 11.3 Å². The highest BCUT2D eigenvalue weighted by atomic mass is 15.3. The largest absolute Gasteiger partial charge is 0.326 e. The van der Waals surface area contributed by atoms with Gasteiger partial charge < -0.3 is 5.73 Å². The minimum absolute atomic E-state index is 0.554. The average molecular weight is 237 g/mol. The first-order chi connectivity index (χ1) is 8.79. The monoisotopic (exact) mass is 237 g/mol. The van der Waals surface area contributed by atoms with Crippen LogP contribution in [0.15, 0.2) is 48.8 Å². The van der Waals surface area contributed by atoms with Crippen LogP contribution in [0.4, 0.5) is 0 Å². The van der Waals surface area contributed by atoms with Crippen LogP contribution >= 0.6 is 0 Å². The lowest BCUT2D eigenvalue weighted by molar-refractivity contribution is 0.886. The van der Waals surface area contributed by atoms with Crippen LogP contribution in [0.3, 0.4) is 0 Å². The zero-order valence-electron chi connectivity index (χ0n) is 10.3. The smallest absolute Gasteiger partial charge is 0.0724 e. The molecule has 0 atom stereocenters. The van der Waals surface area contributed by atoms with Crippen molar-refractivity contribution in [3.8, 4) is 5.69 Å². The maximum Gasteiger partial charge on any atom is 0.0724 e. The molecule has 0 aliphatic carbocycles. The van der Waals surface area contributed by atoms with Crippen molar-refractivity contribution in [1.82, 2.24) is 9.78 Å². The summed E-state index contributed by atoms with van der Waals surface area (Å²) in [7, 11) is 0. The fraction of sp³-hybridized carbons (Fsp3) is 0.133. The summed E-state index contributed by atoms with van der Waals surface area (Å²) in [4.78, 5) is 0. The molecule has 2 N–H and O–H groups in total. The van der Waals surface area contributed by atoms with Gasteiger partial charge in [0, 0.05) is 18.1 Å². The third-order valence-electron chi connectivity index (χ3n) is 3.17. The number of aromatic nitrogens is 2. The molecule has 3 nitrogen and oxygen atoms in total. The van der Waals surface area contributed by atoms with E-state index in [9.17, 15) is 0 Å². The number of fused-ring (bicyclic) bond motifs is 1. The first-order valence-electron chi connectivity index (χ1n) is 6.02. The number of benzene rings is 2. The van der Waals surface area contributed by atoms with Crippen LogP contribution < -0.4 is 5.73 Å². The molecule has 0 bridgehead atoms. The molecule has 2 aromatic carbocycles. The minimum atomic E-state index is 0.554. The molecule has 1 aromatic heterocycles. The van der Waals surface area contributed by atoms with Crippen molar-refractivity contribution in [3.63, 3.8) is 0 Å². The molecule has 3 heteroatoms. The van der Waals surface area contributed by atoms with Crippen LogP contribution in [0.5, 0.6) is 0 Å². The molecule has 0 spiro atoms. The summed E-state index contributed by atoms with van der Waals surface area (Å²) in [5.41, 5.74) is 9.20. The van der Waals surface area contributed by atoms with Crippen molar-refractivity contribution >= 4 is 10.8 Å². The Morgan fingerprint density at radius 1 is 1.11 bits per heavy atom. The molecule has 3 rings (SSSR count). The van der Waals surface area contributed by atoms with Crippen LogP contribution in [-0.4, -0.2) is 9.78 Å². The Hall–Kier alpha value is -2.13. The number of aryl methyl sites for hydroxylation is 1. The fourth-order valence-corrected chi connectivity index (χ4v) is 2.27. The van der Waals surface area contributed by atoms with Crippen molar-refractivity contribution < 1.29 is 0 Å². The lowest BCUT2D eigenvalue weighted by Gasteiger charge is -2.10. The van der Waals surface area contributed by atoms with E-state index in [-0.39, 0.29) is 0 Å². The van der Waals surface area contributed by atoms with Crippen molar-refractivity contribution in [2.75, 3.05) is 0 Å². The topological polar surface area (TPSA) is 43.8 Å². The lowest BCUT2D eigenvalue weighted by Crippen LogP contribution is -2.01. The molecule has 18 heavy (non-hydrogen) atoms. The molecular weight excluding hydrogens is 222 g/mol. The van der Waals surface area contributed by atoms with Crippen molar-refractivity contribution in [2.45, 2.75) is 13.5 Å². The molecule has 0 unspecified atom stereocenters. The SMILES string of the molecule is Cc1cnn(-c2ccc(CN)c3ccccc23)c1. The number of hydrogen-bond acceptors (Lipinski definition) is 2. The van der Waals surface area contributed by atoms with Crippen LogP contribution in [0.25, 0.3) is 16.5 Å². The van der Waals surface area contributed by atoms with Gasteiger partial charge in [-0.05, 0) is 29.5 Å². The highest BCUT2D eigenvalue weighted by molar-refractivity contribution is 5.92. The van der Waals surface area contributed by atoms with Gasteiger partial charge in [0.15, 0.2) is 0 Å². The molecule has 0 amide bonds. The van der Waals surface area contributed by atoms with Crippen LogP contribution in [-0.2, 0) is 6.54 Å². The van der Waals surface area contributed by atoms with E-state index in [1.54, 1.807) is 0 Å². The van der Waals surface area contributed by atoms with E-state index in [4.69, 9.17) is 5.73 Å². The van der Waals surface area contributed by atoms with Gasteiger partial charge in [0.1, 0.15) is 0 Å². The van der Waals surface area contributed by atoms with Crippen molar-refractivity contribution in [1.29, 1.82) is 0 Å². The van der Waals surface area contributed by atoms with E-state index in [2.05, 4.69) is 29.4 Å². The molecule has 3 aromatic rings. The number of hydrogen-bond donors (Lipinski definition) is 1. The fourth-order valence-electron chi connectivity index (χ4n) is 2.27. The van der Waals surface area contributed by atoms with E-state index >= 15 is 0 Å². The van der Waals surface area contributed by atoms with E-state index in [1.807, 2.05) is 36.1 Å². The predicted octanol–water partition coefficient (Wildman–Crippen LogP) is 2.79. The first kappa shape index (κ1) is 11.0. The Kier molecular flexibility index (Phi) is 2.61. The molecule has 0 radical (unpaired) electrons. The summed E-state index contributed by atoms with van der Waals surface area (Å²) in [6, 6.07) is 12.5. The van der Waals surface area contributed by atoms with E-state index in [1.165, 1.54) is 16.3 Å². The second kappa shape index (κ2) is 4.27. The third-order valence-corrected chi connectivity index (χ3v) is 3.17. The zero-order valence-corrected chi connectivity index (χ0v) is 10.3. The number of nitrogens with two attached hydrogens (primary N) is 1. The van der Waals surface area contributed by atoms with E-state index < -0.39 is 0 Å². The minimum Gasteiger partial charge on any atom is -0.326 e. The lowest BCUT2D eigenvalue weighted by atomic mass is 10.0. The van der Waals surface area contributed by atoms with Gasteiger partial charge in [0.05, 0.1) is 11.9 Å². The van der Waals surface area contributed by atoms with Gasteiger partial charge >= 0.3 is 0 Å². The first-order valence-corrected chi connectivity index (χ1v) is 6.02. The van der Waals surface area contributed by atoms with Gasteiger partial charge in [-0.2, -0.15) is 5.10 Å². The van der Waals surface area contributed by atoms with Crippen LogP contribution in [0.1, 0.15) is 11.1 Å². The number of nitrogens with zero attached hydrogens (tertiary/aromatic N) is 2. The molecule has 0 saturated heterocycles. The zero-order chi connectivity index (χ0) is 12.5. The highest BCUT2D eigenvalue weighted by Gasteiger charge is 2.06. The van der Waals surface area contributed by atoms with Crippen LogP contribution in [0, 0.1) is 6.92 Å². The van der Waals surface area contributed by atoms with Gasteiger partial charge in [0.2, 0.25) is 0 Å². The second-order valence-electron chi connectivity index (χ2n) is 4.46. The number of rotatable bonds is 2. The molecule has 0 aliphatic heterocycles. The normalized spacial score (nSPS) is 11.0. The van der Waals surface area contributed by atoms with Gasteiger partial charge in [-0.25, -0.2) is 4.68 Å². The van der Waals surface area contributed by atoms with E-state index in [0.29, 0.717) is 6.54 Å². The standard InChI is InChI=1S/C15H15N3/c1-11-9-17-18(10-11)15-7-6-12(8-16)13-4-2-3-5-14(13)15/h2-7,9-10H,8,16H2,1H3. The van der Waals surface area contributed by atoms with Gasteiger partial charge in [-0.3, -0.25) is 0 Å². The highest BCUT2D eigenvalue weighted by Crippen LogP contribution is 2.25. The summed E-state index contributed by atoms with van der Waals surface area (Å²) in [5.74, 6) is 0.